The Labute approximate surface area is 143 Å². The van der Waals surface area contributed by atoms with Crippen LogP contribution in [0, 0.1) is 17.6 Å². The van der Waals surface area contributed by atoms with Crippen molar-refractivity contribution in [2.45, 2.75) is 24.2 Å². The molecule has 24 heavy (non-hydrogen) atoms. The van der Waals surface area contributed by atoms with Crippen molar-refractivity contribution in [1.82, 2.24) is 5.32 Å². The highest BCUT2D eigenvalue weighted by Gasteiger charge is 2.21. The lowest BCUT2D eigenvalue weighted by Gasteiger charge is -2.27. The second-order valence-corrected chi connectivity index (χ2v) is 6.98. The van der Waals surface area contributed by atoms with Crippen molar-refractivity contribution in [2.24, 2.45) is 10.3 Å². The molecule has 1 aliphatic heterocycles. The Morgan fingerprint density at radius 2 is 1.96 bits per heavy atom. The van der Waals surface area contributed by atoms with Crippen molar-refractivity contribution in [3.8, 4) is 11.1 Å². The van der Waals surface area contributed by atoms with E-state index in [4.69, 9.17) is 0 Å². The smallest absolute Gasteiger partial charge is 0.207 e. The molecular formula is C18H17F2N3S. The van der Waals surface area contributed by atoms with E-state index in [0.29, 0.717) is 17.4 Å². The number of hydrogen-bond acceptors (Lipinski definition) is 4. The van der Waals surface area contributed by atoms with Crippen LogP contribution in [0.1, 0.15) is 19.3 Å². The van der Waals surface area contributed by atoms with Gasteiger partial charge in [0.2, 0.25) is 5.96 Å². The number of para-hydroxylation sites is 1. The van der Waals surface area contributed by atoms with Crippen LogP contribution in [-0.2, 0) is 0 Å². The molecule has 0 radical (unpaired) electrons. The molecule has 0 aromatic heterocycles. The molecule has 2 N–H and O–H groups in total. The Morgan fingerprint density at radius 1 is 1.17 bits per heavy atom. The molecule has 3 nitrogen and oxygen atoms in total. The normalized spacial score (nSPS) is 16.7. The van der Waals surface area contributed by atoms with E-state index < -0.39 is 11.6 Å². The van der Waals surface area contributed by atoms with Crippen molar-refractivity contribution in [2.75, 3.05) is 11.9 Å². The van der Waals surface area contributed by atoms with E-state index in [9.17, 15) is 8.78 Å². The Balaban J connectivity index is 1.60. The molecule has 2 aromatic carbocycles. The van der Waals surface area contributed by atoms with Crippen LogP contribution < -0.4 is 10.6 Å². The molecule has 0 bridgehead atoms. The standard InChI is InChI=1S/C18H17F2N3S/c19-13-7-12(8-14(20)9-13)15-5-2-6-16-17(15)22-18(23-24-16)21-10-11-3-1-4-11/h2,5-9,11H,1,3-4,10H2,(H2,21,22,23). The molecule has 4 rings (SSSR count). The number of guanidine groups is 1. The zero-order chi connectivity index (χ0) is 16.5. The predicted octanol–water partition coefficient (Wildman–Crippen LogP) is 4.81. The number of hydrogen-bond donors (Lipinski definition) is 2. The van der Waals surface area contributed by atoms with Crippen molar-refractivity contribution < 1.29 is 8.78 Å². The summed E-state index contributed by atoms with van der Waals surface area (Å²) in [6.45, 7) is 0.901. The van der Waals surface area contributed by atoms with E-state index in [1.165, 1.54) is 43.3 Å². The third-order valence-electron chi connectivity index (χ3n) is 4.46. The van der Waals surface area contributed by atoms with Gasteiger partial charge in [0.1, 0.15) is 11.6 Å². The third kappa shape index (κ3) is 3.11. The fourth-order valence-corrected chi connectivity index (χ4v) is 3.63. The zero-order valence-corrected chi connectivity index (χ0v) is 13.8. The van der Waals surface area contributed by atoms with Crippen LogP contribution in [0.4, 0.5) is 14.5 Å². The highest BCUT2D eigenvalue weighted by atomic mass is 32.2. The van der Waals surface area contributed by atoms with Gasteiger partial charge in [0.05, 0.1) is 10.6 Å². The number of halogens is 2. The molecule has 1 fully saturated rings. The van der Waals surface area contributed by atoms with Crippen LogP contribution in [0.15, 0.2) is 45.7 Å². The number of benzene rings is 2. The van der Waals surface area contributed by atoms with Gasteiger partial charge in [0.15, 0.2) is 0 Å². The Morgan fingerprint density at radius 3 is 2.67 bits per heavy atom. The number of rotatable bonds is 3. The average Bonchev–Trinajstić information content (AvgIpc) is 2.52. The van der Waals surface area contributed by atoms with Gasteiger partial charge in [-0.25, -0.2) is 8.78 Å². The van der Waals surface area contributed by atoms with Gasteiger partial charge in [0.25, 0.3) is 0 Å². The zero-order valence-electron chi connectivity index (χ0n) is 13.0. The Bertz CT molecular complexity index is 783. The average molecular weight is 345 g/mol. The highest BCUT2D eigenvalue weighted by Crippen LogP contribution is 2.39. The van der Waals surface area contributed by atoms with E-state index in [1.807, 2.05) is 18.2 Å². The highest BCUT2D eigenvalue weighted by molar-refractivity contribution is 7.98. The largest absolute Gasteiger partial charge is 0.355 e. The van der Waals surface area contributed by atoms with Crippen LogP contribution in [0.2, 0.25) is 0 Å². The van der Waals surface area contributed by atoms with Gasteiger partial charge in [-0.15, -0.1) is 0 Å². The van der Waals surface area contributed by atoms with Crippen LogP contribution in [-0.4, -0.2) is 12.5 Å². The fraction of sp³-hybridized carbons (Fsp3) is 0.278. The Kier molecular flexibility index (Phi) is 4.14. The minimum absolute atomic E-state index is 0.512. The summed E-state index contributed by atoms with van der Waals surface area (Å²) >= 11 is 1.37. The monoisotopic (exact) mass is 345 g/mol. The summed E-state index contributed by atoms with van der Waals surface area (Å²) in [6, 6.07) is 9.24. The van der Waals surface area contributed by atoms with Gasteiger partial charge < -0.3 is 10.6 Å². The first-order chi connectivity index (χ1) is 11.7. The summed E-state index contributed by atoms with van der Waals surface area (Å²) < 4.78 is 31.6. The quantitative estimate of drug-likeness (QED) is 0.784. The molecule has 2 aliphatic rings. The molecule has 0 saturated heterocycles. The molecule has 124 valence electrons. The summed E-state index contributed by atoms with van der Waals surface area (Å²) in [6.07, 6.45) is 3.83. The van der Waals surface area contributed by atoms with Gasteiger partial charge in [-0.2, -0.15) is 4.40 Å². The Hall–Kier alpha value is -2.08. The maximum atomic E-state index is 13.6. The van der Waals surface area contributed by atoms with E-state index in [1.54, 1.807) is 0 Å². The summed E-state index contributed by atoms with van der Waals surface area (Å²) in [4.78, 5) is 0.936. The van der Waals surface area contributed by atoms with Crippen molar-refractivity contribution in [3.63, 3.8) is 0 Å². The van der Waals surface area contributed by atoms with Crippen LogP contribution in [0.25, 0.3) is 11.1 Å². The fourth-order valence-electron chi connectivity index (χ4n) is 2.94. The van der Waals surface area contributed by atoms with Crippen molar-refractivity contribution in [1.29, 1.82) is 0 Å². The molecule has 2 aromatic rings. The molecule has 0 unspecified atom stereocenters. The second kappa shape index (κ2) is 6.43. The van der Waals surface area contributed by atoms with Crippen LogP contribution in [0.5, 0.6) is 0 Å². The van der Waals surface area contributed by atoms with Gasteiger partial charge in [-0.3, -0.25) is 0 Å². The lowest BCUT2D eigenvalue weighted by Crippen LogP contribution is -2.37. The van der Waals surface area contributed by atoms with Gasteiger partial charge in [0, 0.05) is 30.1 Å². The topological polar surface area (TPSA) is 36.4 Å². The second-order valence-electron chi connectivity index (χ2n) is 6.17. The third-order valence-corrected chi connectivity index (χ3v) is 5.27. The molecule has 0 atom stereocenters. The summed E-state index contributed by atoms with van der Waals surface area (Å²) in [5.41, 5.74) is 2.10. The SMILES string of the molecule is Fc1cc(F)cc(-c2cccc3c2NC(NCC2CCC2)=NS3)c1. The van der Waals surface area contributed by atoms with E-state index in [-0.39, 0.29) is 0 Å². The minimum atomic E-state index is -0.580. The number of nitrogens with one attached hydrogen (secondary N) is 2. The number of fused-ring (bicyclic) bond motifs is 1. The molecular weight excluding hydrogens is 328 g/mol. The van der Waals surface area contributed by atoms with Gasteiger partial charge >= 0.3 is 0 Å². The van der Waals surface area contributed by atoms with E-state index in [2.05, 4.69) is 15.0 Å². The maximum Gasteiger partial charge on any atom is 0.207 e. The number of anilines is 1. The number of nitrogens with zero attached hydrogens (tertiary/aromatic N) is 1. The molecule has 0 amide bonds. The van der Waals surface area contributed by atoms with Gasteiger partial charge in [-0.05, 0) is 42.5 Å². The summed E-state index contributed by atoms with van der Waals surface area (Å²) in [7, 11) is 0. The van der Waals surface area contributed by atoms with Crippen LogP contribution in [0.3, 0.4) is 0 Å². The first-order valence-electron chi connectivity index (χ1n) is 8.04. The molecule has 1 aliphatic carbocycles. The molecule has 1 saturated carbocycles. The van der Waals surface area contributed by atoms with E-state index in [0.717, 1.165) is 28.8 Å². The summed E-state index contributed by atoms with van der Waals surface area (Å²) in [5, 5.41) is 6.62. The van der Waals surface area contributed by atoms with E-state index >= 15 is 0 Å². The summed E-state index contributed by atoms with van der Waals surface area (Å²) in [5.74, 6) is 0.253. The minimum Gasteiger partial charge on any atom is -0.355 e. The molecule has 1 heterocycles. The lowest BCUT2D eigenvalue weighted by molar-refractivity contribution is 0.315. The predicted molar refractivity (Wildman–Crippen MR) is 94.1 cm³/mol. The first-order valence-corrected chi connectivity index (χ1v) is 8.82. The lowest BCUT2D eigenvalue weighted by atomic mass is 9.85. The van der Waals surface area contributed by atoms with Crippen molar-refractivity contribution in [3.05, 3.63) is 48.0 Å². The van der Waals surface area contributed by atoms with Crippen LogP contribution >= 0.6 is 11.9 Å². The first kappa shape index (κ1) is 15.4. The van der Waals surface area contributed by atoms with Gasteiger partial charge in [-0.1, -0.05) is 18.6 Å². The molecule has 6 heteroatoms. The van der Waals surface area contributed by atoms with Crippen molar-refractivity contribution >= 4 is 23.6 Å². The maximum absolute atomic E-state index is 13.6. The molecule has 0 spiro atoms.